The summed E-state index contributed by atoms with van der Waals surface area (Å²) in [7, 11) is 1.43. The van der Waals surface area contributed by atoms with Gasteiger partial charge in [0.2, 0.25) is 5.75 Å². The fourth-order valence-corrected chi connectivity index (χ4v) is 4.24. The maximum atomic E-state index is 10.3. The maximum Gasteiger partial charge on any atom is 0.200 e. The van der Waals surface area contributed by atoms with Crippen LogP contribution in [0.3, 0.4) is 0 Å². The normalized spacial score (nSPS) is 17.8. The van der Waals surface area contributed by atoms with Gasteiger partial charge in [0.1, 0.15) is 17.2 Å². The Balaban J connectivity index is 1.91. The first-order valence-corrected chi connectivity index (χ1v) is 9.80. The third kappa shape index (κ3) is 3.24. The van der Waals surface area contributed by atoms with Crippen LogP contribution in [0.4, 0.5) is 0 Å². The predicted octanol–water partition coefficient (Wildman–Crippen LogP) is 4.39. The maximum absolute atomic E-state index is 10.3. The van der Waals surface area contributed by atoms with Crippen LogP contribution < -0.4 is 9.47 Å². The second-order valence-corrected chi connectivity index (χ2v) is 7.41. The number of ether oxygens (including phenoxy) is 2. The van der Waals surface area contributed by atoms with Gasteiger partial charge in [0.05, 0.1) is 13.7 Å². The van der Waals surface area contributed by atoms with Gasteiger partial charge in [-0.05, 0) is 47.9 Å². The molecule has 0 saturated carbocycles. The van der Waals surface area contributed by atoms with E-state index in [1.54, 1.807) is 24.3 Å². The molecule has 0 amide bonds. The van der Waals surface area contributed by atoms with E-state index in [9.17, 15) is 20.4 Å². The molecular formula is C24H24O6. The van der Waals surface area contributed by atoms with Crippen LogP contribution in [-0.2, 0) is 6.42 Å². The molecule has 2 atom stereocenters. The van der Waals surface area contributed by atoms with Gasteiger partial charge in [0.15, 0.2) is 11.5 Å². The summed E-state index contributed by atoms with van der Waals surface area (Å²) in [6.45, 7) is 2.27. The van der Waals surface area contributed by atoms with Crippen molar-refractivity contribution in [3.05, 3.63) is 70.8 Å². The van der Waals surface area contributed by atoms with Crippen molar-refractivity contribution in [2.24, 2.45) is 0 Å². The first-order chi connectivity index (χ1) is 14.4. The third-order valence-corrected chi connectivity index (χ3v) is 5.74. The summed E-state index contributed by atoms with van der Waals surface area (Å²) in [4.78, 5) is 0. The van der Waals surface area contributed by atoms with Crippen molar-refractivity contribution in [1.82, 2.24) is 0 Å². The van der Waals surface area contributed by atoms with Gasteiger partial charge >= 0.3 is 0 Å². The van der Waals surface area contributed by atoms with Crippen molar-refractivity contribution >= 4 is 0 Å². The Morgan fingerprint density at radius 2 is 1.67 bits per heavy atom. The summed E-state index contributed by atoms with van der Waals surface area (Å²) in [5.74, 6) is 0.291. The molecule has 156 valence electrons. The van der Waals surface area contributed by atoms with Crippen molar-refractivity contribution in [1.29, 1.82) is 0 Å². The predicted molar refractivity (Wildman–Crippen MR) is 112 cm³/mol. The molecule has 6 heteroatoms. The summed E-state index contributed by atoms with van der Waals surface area (Å²) in [6.07, 6.45) is 0.621. The van der Waals surface area contributed by atoms with E-state index in [1.165, 1.54) is 13.2 Å². The van der Waals surface area contributed by atoms with Gasteiger partial charge in [0, 0.05) is 23.0 Å². The zero-order valence-electron chi connectivity index (χ0n) is 16.8. The first-order valence-electron chi connectivity index (χ1n) is 9.80. The number of phenols is 4. The minimum atomic E-state index is -0.308. The minimum Gasteiger partial charge on any atom is -0.508 e. The highest BCUT2D eigenvalue weighted by Gasteiger charge is 2.36. The molecule has 0 spiro atoms. The fraction of sp³-hybridized carbons (Fsp3) is 0.250. The second-order valence-electron chi connectivity index (χ2n) is 7.41. The number of phenolic OH excluding ortho intramolecular Hbond substituents is 4. The van der Waals surface area contributed by atoms with Crippen LogP contribution in [0.2, 0.25) is 0 Å². The molecule has 1 aliphatic rings. The molecule has 4 N–H and O–H groups in total. The SMILES string of the molecule is CCc1c(O)ccc2c1OCC(c1cc(O)c(O)c(OC)c1)C2c1ccc(O)cc1. The largest absolute Gasteiger partial charge is 0.508 e. The molecule has 0 bridgehead atoms. The zero-order chi connectivity index (χ0) is 21.4. The van der Waals surface area contributed by atoms with E-state index in [-0.39, 0.29) is 40.6 Å². The molecule has 0 aromatic heterocycles. The lowest BCUT2D eigenvalue weighted by Crippen LogP contribution is -2.26. The number of hydrogen-bond donors (Lipinski definition) is 4. The van der Waals surface area contributed by atoms with E-state index in [1.807, 2.05) is 25.1 Å². The van der Waals surface area contributed by atoms with Crippen molar-refractivity contribution in [2.75, 3.05) is 13.7 Å². The van der Waals surface area contributed by atoms with Crippen LogP contribution in [0.5, 0.6) is 34.5 Å². The van der Waals surface area contributed by atoms with Gasteiger partial charge < -0.3 is 29.9 Å². The number of methoxy groups -OCH3 is 1. The molecule has 3 aromatic rings. The van der Waals surface area contributed by atoms with Crippen LogP contribution in [0, 0.1) is 0 Å². The molecule has 1 heterocycles. The Labute approximate surface area is 174 Å². The molecule has 4 rings (SSSR count). The Bertz CT molecular complexity index is 1070. The highest BCUT2D eigenvalue weighted by atomic mass is 16.5. The first kappa shape index (κ1) is 19.8. The Morgan fingerprint density at radius 1 is 0.933 bits per heavy atom. The number of benzene rings is 3. The van der Waals surface area contributed by atoms with E-state index < -0.39 is 0 Å². The molecule has 3 aromatic carbocycles. The van der Waals surface area contributed by atoms with Gasteiger partial charge in [-0.15, -0.1) is 0 Å². The van der Waals surface area contributed by atoms with Gasteiger partial charge in [-0.25, -0.2) is 0 Å². The van der Waals surface area contributed by atoms with Crippen molar-refractivity contribution in [3.8, 4) is 34.5 Å². The lowest BCUT2D eigenvalue weighted by molar-refractivity contribution is 0.244. The molecule has 0 saturated heterocycles. The lowest BCUT2D eigenvalue weighted by atomic mass is 9.75. The highest BCUT2D eigenvalue weighted by Crippen LogP contribution is 2.51. The number of aromatic hydroxyl groups is 4. The van der Waals surface area contributed by atoms with Crippen LogP contribution in [0.15, 0.2) is 48.5 Å². The topological polar surface area (TPSA) is 99.4 Å². The summed E-state index contributed by atoms with van der Waals surface area (Å²) < 4.78 is 11.3. The molecule has 0 radical (unpaired) electrons. The third-order valence-electron chi connectivity index (χ3n) is 5.74. The van der Waals surface area contributed by atoms with Crippen molar-refractivity contribution < 1.29 is 29.9 Å². The average Bonchev–Trinajstić information content (AvgIpc) is 2.75. The number of fused-ring (bicyclic) bond motifs is 1. The smallest absolute Gasteiger partial charge is 0.200 e. The van der Waals surface area contributed by atoms with Gasteiger partial charge in [-0.3, -0.25) is 0 Å². The highest BCUT2D eigenvalue weighted by molar-refractivity contribution is 5.58. The molecule has 1 aliphatic heterocycles. The van der Waals surface area contributed by atoms with Crippen molar-refractivity contribution in [3.63, 3.8) is 0 Å². The van der Waals surface area contributed by atoms with Gasteiger partial charge in [-0.1, -0.05) is 25.1 Å². The van der Waals surface area contributed by atoms with E-state index in [0.29, 0.717) is 18.8 Å². The monoisotopic (exact) mass is 408 g/mol. The summed E-state index contributed by atoms with van der Waals surface area (Å²) in [5, 5.41) is 40.3. The average molecular weight is 408 g/mol. The Morgan fingerprint density at radius 3 is 2.33 bits per heavy atom. The van der Waals surface area contributed by atoms with Gasteiger partial charge in [0.25, 0.3) is 0 Å². The minimum absolute atomic E-state index is 0.158. The second kappa shape index (κ2) is 7.71. The van der Waals surface area contributed by atoms with Crippen LogP contribution in [0.1, 0.15) is 41.0 Å². The fourth-order valence-electron chi connectivity index (χ4n) is 4.24. The summed E-state index contributed by atoms with van der Waals surface area (Å²) in [5.41, 5.74) is 3.37. The Hall–Kier alpha value is -3.54. The van der Waals surface area contributed by atoms with Crippen LogP contribution in [0.25, 0.3) is 0 Å². The summed E-state index contributed by atoms with van der Waals surface area (Å²) in [6, 6.07) is 13.7. The van der Waals surface area contributed by atoms with Crippen LogP contribution >= 0.6 is 0 Å². The molecule has 0 fully saturated rings. The van der Waals surface area contributed by atoms with E-state index in [0.717, 1.165) is 22.3 Å². The van der Waals surface area contributed by atoms with E-state index >= 15 is 0 Å². The Kier molecular flexibility index (Phi) is 5.08. The zero-order valence-corrected chi connectivity index (χ0v) is 16.8. The molecule has 6 nitrogen and oxygen atoms in total. The van der Waals surface area contributed by atoms with E-state index in [4.69, 9.17) is 9.47 Å². The van der Waals surface area contributed by atoms with Crippen LogP contribution in [-0.4, -0.2) is 34.1 Å². The quantitative estimate of drug-likeness (QED) is 0.478. The number of rotatable bonds is 4. The van der Waals surface area contributed by atoms with Crippen molar-refractivity contribution in [2.45, 2.75) is 25.2 Å². The summed E-state index contributed by atoms with van der Waals surface area (Å²) >= 11 is 0. The van der Waals surface area contributed by atoms with E-state index in [2.05, 4.69) is 0 Å². The lowest BCUT2D eigenvalue weighted by Gasteiger charge is -2.36. The molecular weight excluding hydrogens is 384 g/mol. The molecule has 0 aliphatic carbocycles. The molecule has 2 unspecified atom stereocenters. The standard InChI is InChI=1S/C24H24O6/c1-3-16-19(26)9-8-17-22(13-4-6-15(25)7-5-13)18(12-30-24(16)17)14-10-20(27)23(28)21(11-14)29-2/h4-11,18,22,25-28H,3,12H2,1-2H3. The number of hydrogen-bond acceptors (Lipinski definition) is 6. The molecule has 30 heavy (non-hydrogen) atoms. The van der Waals surface area contributed by atoms with Gasteiger partial charge in [-0.2, -0.15) is 0 Å².